The van der Waals surface area contributed by atoms with Gasteiger partial charge >= 0.3 is 10.1 Å². The summed E-state index contributed by atoms with van der Waals surface area (Å²) in [6.07, 6.45) is 7.76. The summed E-state index contributed by atoms with van der Waals surface area (Å²) >= 11 is 0. The Balaban J connectivity index is 2.16. The van der Waals surface area contributed by atoms with Gasteiger partial charge in [-0.3, -0.25) is 0 Å². The molecule has 1 aliphatic carbocycles. The van der Waals surface area contributed by atoms with Crippen LogP contribution in [-0.4, -0.2) is 8.42 Å². The van der Waals surface area contributed by atoms with E-state index in [-0.39, 0.29) is 0 Å². The highest BCUT2D eigenvalue weighted by atomic mass is 32.2. The zero-order valence-electron chi connectivity index (χ0n) is 7.27. The molecule has 4 heteroatoms. The molecule has 0 unspecified atom stereocenters. The van der Waals surface area contributed by atoms with Gasteiger partial charge in [-0.25, -0.2) is 0 Å². The Bertz CT molecular complexity index is 345. The maximum Gasteiger partial charge on any atom is 0.331 e. The first-order chi connectivity index (χ1) is 6.17. The molecule has 0 aromatic heterocycles. The maximum atomic E-state index is 11.1. The molecular weight excluding hydrogens is 188 g/mol. The predicted molar refractivity (Wildman–Crippen MR) is 49.2 cm³/mol. The molecule has 0 spiro atoms. The van der Waals surface area contributed by atoms with E-state index in [1.165, 1.54) is 12.8 Å². The molecular formula is C9H12O3S. The summed E-state index contributed by atoms with van der Waals surface area (Å²) in [4.78, 5) is 0. The van der Waals surface area contributed by atoms with Crippen molar-refractivity contribution in [2.75, 3.05) is 0 Å². The van der Waals surface area contributed by atoms with Crippen molar-refractivity contribution in [2.24, 2.45) is 5.92 Å². The molecule has 0 saturated heterocycles. The summed E-state index contributed by atoms with van der Waals surface area (Å²) in [5.41, 5.74) is 0. The van der Waals surface area contributed by atoms with Gasteiger partial charge in [0.05, 0.1) is 5.41 Å². The van der Waals surface area contributed by atoms with Crippen molar-refractivity contribution in [3.63, 3.8) is 0 Å². The standard InChI is InChI=1S/C9H12O3S/c10-13(11)7-3-6-9(12-13)8-4-1-2-5-8/h3,6-8H,1-2,4-5H2. The van der Waals surface area contributed by atoms with Gasteiger partial charge in [-0.1, -0.05) is 12.8 Å². The minimum atomic E-state index is -3.42. The van der Waals surface area contributed by atoms with Gasteiger partial charge in [0.1, 0.15) is 5.76 Å². The van der Waals surface area contributed by atoms with Crippen molar-refractivity contribution >= 4 is 10.1 Å². The second-order valence-electron chi connectivity index (χ2n) is 3.46. The van der Waals surface area contributed by atoms with E-state index in [2.05, 4.69) is 0 Å². The van der Waals surface area contributed by atoms with Gasteiger partial charge in [-0.2, -0.15) is 8.42 Å². The summed E-state index contributed by atoms with van der Waals surface area (Å²) in [6, 6.07) is 0. The largest absolute Gasteiger partial charge is 0.384 e. The topological polar surface area (TPSA) is 43.4 Å². The summed E-state index contributed by atoms with van der Waals surface area (Å²) in [6.45, 7) is 0. The fourth-order valence-electron chi connectivity index (χ4n) is 1.83. The van der Waals surface area contributed by atoms with Crippen LogP contribution in [0.1, 0.15) is 25.7 Å². The monoisotopic (exact) mass is 200 g/mol. The Labute approximate surface area is 78.2 Å². The third-order valence-electron chi connectivity index (χ3n) is 2.48. The highest BCUT2D eigenvalue weighted by Gasteiger charge is 2.25. The predicted octanol–water partition coefficient (Wildman–Crippen LogP) is 1.93. The number of rotatable bonds is 1. The normalized spacial score (nSPS) is 26.9. The van der Waals surface area contributed by atoms with E-state index in [0.29, 0.717) is 11.7 Å². The van der Waals surface area contributed by atoms with Gasteiger partial charge in [0.2, 0.25) is 0 Å². The van der Waals surface area contributed by atoms with Crippen molar-refractivity contribution in [3.8, 4) is 0 Å². The average molecular weight is 200 g/mol. The van der Waals surface area contributed by atoms with E-state index in [1.54, 1.807) is 12.2 Å². The van der Waals surface area contributed by atoms with Crippen molar-refractivity contribution in [1.29, 1.82) is 0 Å². The number of hydrogen-bond donors (Lipinski definition) is 0. The van der Waals surface area contributed by atoms with Crippen LogP contribution in [0.4, 0.5) is 0 Å². The third kappa shape index (κ3) is 1.94. The van der Waals surface area contributed by atoms with E-state index < -0.39 is 10.1 Å². The maximum absolute atomic E-state index is 11.1. The molecule has 3 nitrogen and oxygen atoms in total. The van der Waals surface area contributed by atoms with E-state index in [1.807, 2.05) is 0 Å². The lowest BCUT2D eigenvalue weighted by Gasteiger charge is -2.15. The molecule has 1 aliphatic heterocycles. The van der Waals surface area contributed by atoms with Crippen LogP contribution in [0.3, 0.4) is 0 Å². The van der Waals surface area contributed by atoms with Gasteiger partial charge in [-0.05, 0) is 25.0 Å². The Morgan fingerprint density at radius 2 is 2.00 bits per heavy atom. The second kappa shape index (κ2) is 3.18. The van der Waals surface area contributed by atoms with Crippen molar-refractivity contribution < 1.29 is 12.6 Å². The van der Waals surface area contributed by atoms with Crippen molar-refractivity contribution in [3.05, 3.63) is 23.3 Å². The molecule has 0 atom stereocenters. The molecule has 0 aromatic carbocycles. The lowest BCUT2D eigenvalue weighted by Crippen LogP contribution is -2.10. The minimum absolute atomic E-state index is 0.319. The molecule has 0 bridgehead atoms. The highest BCUT2D eigenvalue weighted by molar-refractivity contribution is 7.89. The van der Waals surface area contributed by atoms with Crippen LogP contribution < -0.4 is 0 Å². The lowest BCUT2D eigenvalue weighted by molar-refractivity contribution is 0.349. The molecule has 1 saturated carbocycles. The SMILES string of the molecule is O=S1(=O)C=CC=C(C2CCCC2)O1. The smallest absolute Gasteiger partial charge is 0.331 e. The molecule has 2 aliphatic rings. The van der Waals surface area contributed by atoms with E-state index in [4.69, 9.17) is 4.18 Å². The van der Waals surface area contributed by atoms with Gasteiger partial charge in [0.25, 0.3) is 0 Å². The zero-order chi connectivity index (χ0) is 9.31. The van der Waals surface area contributed by atoms with Gasteiger partial charge in [-0.15, -0.1) is 0 Å². The minimum Gasteiger partial charge on any atom is -0.384 e. The van der Waals surface area contributed by atoms with Crippen LogP contribution >= 0.6 is 0 Å². The first kappa shape index (κ1) is 8.81. The number of hydrogen-bond acceptors (Lipinski definition) is 3. The second-order valence-corrected chi connectivity index (χ2v) is 4.88. The first-order valence-corrected chi connectivity index (χ1v) is 5.97. The van der Waals surface area contributed by atoms with E-state index >= 15 is 0 Å². The fourth-order valence-corrected chi connectivity index (χ4v) is 2.62. The van der Waals surface area contributed by atoms with Gasteiger partial charge in [0.15, 0.2) is 0 Å². The van der Waals surface area contributed by atoms with Crippen LogP contribution in [0.5, 0.6) is 0 Å². The average Bonchev–Trinajstić information content (AvgIpc) is 2.53. The summed E-state index contributed by atoms with van der Waals surface area (Å²) < 4.78 is 27.0. The molecule has 0 aromatic rings. The molecule has 1 fully saturated rings. The van der Waals surface area contributed by atoms with Crippen molar-refractivity contribution in [2.45, 2.75) is 25.7 Å². The third-order valence-corrected chi connectivity index (χ3v) is 3.39. The van der Waals surface area contributed by atoms with Crippen molar-refractivity contribution in [1.82, 2.24) is 0 Å². The summed E-state index contributed by atoms with van der Waals surface area (Å²) in [7, 11) is -3.42. The molecule has 0 radical (unpaired) electrons. The molecule has 0 N–H and O–H groups in total. The van der Waals surface area contributed by atoms with E-state index in [9.17, 15) is 8.42 Å². The van der Waals surface area contributed by atoms with Crippen LogP contribution in [0.2, 0.25) is 0 Å². The fraction of sp³-hybridized carbons (Fsp3) is 0.556. The lowest BCUT2D eigenvalue weighted by atomic mass is 10.1. The van der Waals surface area contributed by atoms with Gasteiger partial charge in [0, 0.05) is 5.92 Å². The van der Waals surface area contributed by atoms with Crippen LogP contribution in [0.25, 0.3) is 0 Å². The quantitative estimate of drug-likeness (QED) is 0.607. The number of allylic oxidation sites excluding steroid dienone is 3. The molecule has 1 heterocycles. The zero-order valence-corrected chi connectivity index (χ0v) is 8.09. The Hall–Kier alpha value is -0.770. The van der Waals surface area contributed by atoms with Crippen LogP contribution in [0.15, 0.2) is 23.3 Å². The molecule has 2 rings (SSSR count). The molecule has 0 amide bonds. The summed E-state index contributed by atoms with van der Waals surface area (Å²) in [5, 5.41) is 1.09. The Morgan fingerprint density at radius 1 is 1.31 bits per heavy atom. The Kier molecular flexibility index (Phi) is 2.15. The highest BCUT2D eigenvalue weighted by Crippen LogP contribution is 2.33. The summed E-state index contributed by atoms with van der Waals surface area (Å²) in [5.74, 6) is 0.944. The van der Waals surface area contributed by atoms with Gasteiger partial charge < -0.3 is 4.18 Å². The first-order valence-electron chi connectivity index (χ1n) is 4.50. The molecule has 72 valence electrons. The Morgan fingerprint density at radius 3 is 2.62 bits per heavy atom. The van der Waals surface area contributed by atoms with Crippen LogP contribution in [-0.2, 0) is 14.3 Å². The van der Waals surface area contributed by atoms with E-state index in [0.717, 1.165) is 18.2 Å². The molecule has 13 heavy (non-hydrogen) atoms. The van der Waals surface area contributed by atoms with Crippen LogP contribution in [0, 0.1) is 5.92 Å².